The normalized spacial score (nSPS) is 37.9. The van der Waals surface area contributed by atoms with Gasteiger partial charge in [-0.2, -0.15) is 0 Å². The molecule has 0 spiro atoms. The molecule has 5 rings (SSSR count). The highest BCUT2D eigenvalue weighted by Crippen LogP contribution is 2.68. The molecule has 4 fully saturated rings. The summed E-state index contributed by atoms with van der Waals surface area (Å²) in [6.45, 7) is 2.45. The van der Waals surface area contributed by atoms with Crippen molar-refractivity contribution < 1.29 is 69.8 Å². The van der Waals surface area contributed by atoms with E-state index in [1.165, 1.54) is 6.08 Å². The topological polar surface area (TPSA) is 252 Å². The Morgan fingerprint density at radius 3 is 2.21 bits per heavy atom. The number of aliphatic hydroxyl groups is 9. The van der Waals surface area contributed by atoms with Gasteiger partial charge in [-0.05, 0) is 62.0 Å². The molecule has 5 aliphatic carbocycles. The van der Waals surface area contributed by atoms with Crippen molar-refractivity contribution in [2.75, 3.05) is 13.2 Å². The van der Waals surface area contributed by atoms with E-state index < -0.39 is 64.5 Å². The third kappa shape index (κ3) is 5.64. The maximum Gasteiger partial charge on any atom is 0.356 e. The van der Waals surface area contributed by atoms with Crippen LogP contribution < -0.4 is 0 Å². The second kappa shape index (κ2) is 12.3. The first kappa shape index (κ1) is 36.2. The van der Waals surface area contributed by atoms with Crippen LogP contribution in [0, 0.1) is 34.5 Å². The molecule has 0 aromatic heterocycles. The third-order valence-corrected chi connectivity index (χ3v) is 12.3. The number of esters is 1. The molecule has 0 aromatic carbocycles. The molecule has 264 valence electrons. The number of carbonyl (C=O) groups excluding carboxylic acids is 3. The van der Waals surface area contributed by atoms with Crippen LogP contribution in [0.1, 0.15) is 78.1 Å². The lowest BCUT2D eigenvalue weighted by Crippen LogP contribution is -2.73. The van der Waals surface area contributed by atoms with Gasteiger partial charge >= 0.3 is 23.5 Å². The van der Waals surface area contributed by atoms with Gasteiger partial charge < -0.3 is 55.4 Å². The minimum Gasteiger partial charge on any atom is -0.455 e. The van der Waals surface area contributed by atoms with Crippen LogP contribution in [-0.4, -0.2) is 112 Å². The van der Waals surface area contributed by atoms with Crippen LogP contribution >= 0.6 is 0 Å². The minimum absolute atomic E-state index is 0.00629. The van der Waals surface area contributed by atoms with Gasteiger partial charge in [-0.25, -0.2) is 4.79 Å². The molecule has 47 heavy (non-hydrogen) atoms. The molecule has 0 bridgehead atoms. The van der Waals surface area contributed by atoms with Crippen molar-refractivity contribution in [1.82, 2.24) is 0 Å². The molecular weight excluding hydrogens is 620 g/mol. The largest absolute Gasteiger partial charge is 0.455 e. The minimum atomic E-state index is -4.63. The average Bonchev–Trinajstić information content (AvgIpc) is 3.21. The summed E-state index contributed by atoms with van der Waals surface area (Å²) >= 11 is 0. The molecule has 0 aromatic rings. The van der Waals surface area contributed by atoms with Crippen LogP contribution in [0.5, 0.6) is 0 Å². The number of Topliss-reactive ketones (excluding diaryl/α,β-unsaturated/α-hetero) is 1. The molecule has 0 aliphatic heterocycles. The molecule has 0 saturated heterocycles. The van der Waals surface area contributed by atoms with Gasteiger partial charge in [-0.15, -0.1) is 0 Å². The number of fused-ring (bicyclic) bond motifs is 5. The van der Waals surface area contributed by atoms with Gasteiger partial charge in [0.15, 0.2) is 18.0 Å². The molecule has 0 radical (unpaired) electrons. The first-order valence-electron chi connectivity index (χ1n) is 16.5. The number of ether oxygens (including phenoxy) is 2. The smallest absolute Gasteiger partial charge is 0.356 e. The highest BCUT2D eigenvalue weighted by molar-refractivity contribution is 6.01. The summed E-state index contributed by atoms with van der Waals surface area (Å²) < 4.78 is 11.2. The van der Waals surface area contributed by atoms with E-state index in [4.69, 9.17) is 9.47 Å². The molecule has 0 amide bonds. The summed E-state index contributed by atoms with van der Waals surface area (Å²) in [4.78, 5) is 39.2. The molecule has 9 N–H and O–H groups in total. The first-order chi connectivity index (χ1) is 21.7. The molecule has 4 saturated carbocycles. The fourth-order valence-corrected chi connectivity index (χ4v) is 9.87. The zero-order chi connectivity index (χ0) is 34.8. The van der Waals surface area contributed by atoms with E-state index in [-0.39, 0.29) is 43.0 Å². The summed E-state index contributed by atoms with van der Waals surface area (Å²) in [7, 11) is 0. The van der Waals surface area contributed by atoms with Gasteiger partial charge in [0.05, 0.1) is 12.2 Å². The summed E-state index contributed by atoms with van der Waals surface area (Å²) in [5.74, 6) is -13.4. The zero-order valence-corrected chi connectivity index (χ0v) is 26.7. The number of carbonyl (C=O) groups is 3. The Labute approximate surface area is 272 Å². The van der Waals surface area contributed by atoms with Crippen molar-refractivity contribution in [3.05, 3.63) is 23.8 Å². The highest BCUT2D eigenvalue weighted by Gasteiger charge is 2.73. The molecule has 8 unspecified atom stereocenters. The fourth-order valence-electron chi connectivity index (χ4n) is 9.87. The molecule has 14 heteroatoms. The van der Waals surface area contributed by atoms with E-state index in [0.717, 1.165) is 37.7 Å². The SMILES string of the molecule is CC12C=CC(=O)C=C1CCC1C2C(O)CC2(C)C1CC(O)C2(OCCC1CCCCC1)C(=O)COC(=O)C(O)(C(O)(O)O)C(O)(O)O. The average molecular weight is 669 g/mol. The van der Waals surface area contributed by atoms with Gasteiger partial charge in [-0.1, -0.05) is 57.6 Å². The summed E-state index contributed by atoms with van der Waals surface area (Å²) in [6, 6.07) is 0. The van der Waals surface area contributed by atoms with Crippen molar-refractivity contribution in [3.8, 4) is 0 Å². The van der Waals surface area contributed by atoms with E-state index in [9.17, 15) is 60.3 Å². The van der Waals surface area contributed by atoms with Crippen LogP contribution in [0.3, 0.4) is 0 Å². The molecule has 14 nitrogen and oxygen atoms in total. The Morgan fingerprint density at radius 1 is 0.957 bits per heavy atom. The number of rotatable bonds is 10. The highest BCUT2D eigenvalue weighted by atomic mass is 16.8. The summed E-state index contributed by atoms with van der Waals surface area (Å²) in [6.07, 6.45) is 9.48. The van der Waals surface area contributed by atoms with E-state index in [0.29, 0.717) is 25.2 Å². The van der Waals surface area contributed by atoms with Crippen molar-refractivity contribution in [3.63, 3.8) is 0 Å². The summed E-state index contributed by atoms with van der Waals surface area (Å²) in [5.41, 5.74) is -7.55. The van der Waals surface area contributed by atoms with Gasteiger partial charge in [0.25, 0.3) is 0 Å². The van der Waals surface area contributed by atoms with E-state index in [2.05, 4.69) is 0 Å². The number of hydrogen-bond donors (Lipinski definition) is 9. The van der Waals surface area contributed by atoms with E-state index in [1.807, 2.05) is 13.0 Å². The Balaban J connectivity index is 1.47. The van der Waals surface area contributed by atoms with Crippen molar-refractivity contribution >= 4 is 17.5 Å². The van der Waals surface area contributed by atoms with Crippen LogP contribution in [0.2, 0.25) is 0 Å². The van der Waals surface area contributed by atoms with Crippen LogP contribution in [0.25, 0.3) is 0 Å². The Hall–Kier alpha value is -2.11. The van der Waals surface area contributed by atoms with E-state index >= 15 is 0 Å². The number of allylic oxidation sites excluding steroid dienone is 4. The van der Waals surface area contributed by atoms with Gasteiger partial charge in [0.1, 0.15) is 0 Å². The number of hydrogen-bond acceptors (Lipinski definition) is 14. The molecular formula is C33H48O14. The monoisotopic (exact) mass is 668 g/mol. The van der Waals surface area contributed by atoms with Crippen LogP contribution in [0.15, 0.2) is 23.8 Å². The lowest BCUT2D eigenvalue weighted by atomic mass is 9.46. The van der Waals surface area contributed by atoms with Gasteiger partial charge in [0.2, 0.25) is 5.78 Å². The third-order valence-electron chi connectivity index (χ3n) is 12.3. The molecule has 8 atom stereocenters. The summed E-state index contributed by atoms with van der Waals surface area (Å²) in [5, 5.41) is 90.8. The second-order valence-corrected chi connectivity index (χ2v) is 14.8. The van der Waals surface area contributed by atoms with Crippen molar-refractivity contribution in [1.29, 1.82) is 0 Å². The Kier molecular flexibility index (Phi) is 9.50. The number of ketones is 2. The predicted octanol–water partition coefficient (Wildman–Crippen LogP) is -0.933. The lowest BCUT2D eigenvalue weighted by Gasteiger charge is -2.60. The maximum absolute atomic E-state index is 14.3. The van der Waals surface area contributed by atoms with Crippen molar-refractivity contribution in [2.45, 2.75) is 113 Å². The lowest BCUT2D eigenvalue weighted by molar-refractivity contribution is -0.481. The van der Waals surface area contributed by atoms with Crippen LogP contribution in [0.4, 0.5) is 0 Å². The van der Waals surface area contributed by atoms with Crippen LogP contribution in [-0.2, 0) is 23.9 Å². The van der Waals surface area contributed by atoms with E-state index in [1.54, 1.807) is 13.0 Å². The maximum atomic E-state index is 14.3. The Bertz CT molecular complexity index is 1290. The quantitative estimate of drug-likeness (QED) is 0.101. The zero-order valence-electron chi connectivity index (χ0n) is 26.7. The molecule has 5 aliphatic rings. The standard InChI is InChI=1S/C33H48O14/c1-28-12-10-20(34)14-19(28)8-9-21-22-15-24(36)30(29(22,2)16-23(35)26(21)28,47-13-11-18-6-4-3-5-7-18)25(37)17-46-27(38)31(39,32(40,41)42)33(43,44)45/h10,12,14,18,21-24,26,35-36,39-45H,3-9,11,13,15-17H2,1-2H3. The first-order valence-corrected chi connectivity index (χ1v) is 16.5. The second-order valence-electron chi connectivity index (χ2n) is 14.8. The van der Waals surface area contributed by atoms with Gasteiger partial charge in [-0.3, -0.25) is 9.59 Å². The molecule has 0 heterocycles. The predicted molar refractivity (Wildman–Crippen MR) is 159 cm³/mol. The van der Waals surface area contributed by atoms with Crippen molar-refractivity contribution in [2.24, 2.45) is 34.5 Å². The number of aliphatic hydroxyl groups excluding tert-OH is 2. The van der Waals surface area contributed by atoms with Gasteiger partial charge in [0, 0.05) is 23.4 Å². The Morgan fingerprint density at radius 2 is 1.60 bits per heavy atom. The fraction of sp³-hybridized carbons (Fsp3) is 0.788.